The average Bonchev–Trinajstić information content (AvgIpc) is 2.14. The Morgan fingerprint density at radius 1 is 1.64 bits per heavy atom. The Hall–Kier alpha value is -0.200. The number of amides is 1. The molecule has 6 heteroatoms. The van der Waals surface area contributed by atoms with Gasteiger partial charge in [-0.3, -0.25) is 10.2 Å². The first kappa shape index (κ1) is 13.8. The average molecular weight is 235 g/mol. The summed E-state index contributed by atoms with van der Waals surface area (Å²) >= 11 is 2.95. The molecule has 0 aromatic carbocycles. The summed E-state index contributed by atoms with van der Waals surface area (Å²) in [4.78, 5) is 11.3. The molecule has 4 N–H and O–H groups in total. The van der Waals surface area contributed by atoms with Crippen molar-refractivity contribution in [3.05, 3.63) is 0 Å². The number of carbonyl (C=O) groups excluding carboxylic acids is 1. The highest BCUT2D eigenvalue weighted by Gasteiger charge is 2.13. The van der Waals surface area contributed by atoms with Crippen molar-refractivity contribution in [1.29, 1.82) is 5.41 Å². The number of amidine groups is 1. The Kier molecular flexibility index (Phi) is 8.02. The smallest absolute Gasteiger partial charge is 0.242 e. The van der Waals surface area contributed by atoms with Crippen LogP contribution in [0.2, 0.25) is 0 Å². The van der Waals surface area contributed by atoms with Gasteiger partial charge >= 0.3 is 0 Å². The first-order chi connectivity index (χ1) is 6.61. The third-order valence-corrected chi connectivity index (χ3v) is 2.82. The van der Waals surface area contributed by atoms with Gasteiger partial charge in [-0.05, 0) is 24.2 Å². The molecule has 0 rings (SSSR count). The number of nitrogens with one attached hydrogen (secondary N) is 2. The van der Waals surface area contributed by atoms with Crippen molar-refractivity contribution in [2.75, 3.05) is 17.8 Å². The lowest BCUT2D eigenvalue weighted by atomic mass is 10.2. The van der Waals surface area contributed by atoms with Crippen LogP contribution in [0.15, 0.2) is 0 Å². The first-order valence-electron chi connectivity index (χ1n) is 4.38. The molecule has 0 heterocycles. The number of hydrogen-bond donors (Lipinski definition) is 3. The summed E-state index contributed by atoms with van der Waals surface area (Å²) in [7, 11) is 0. The number of nitrogens with two attached hydrogens (primary N) is 1. The monoisotopic (exact) mass is 235 g/mol. The Morgan fingerprint density at radius 3 is 2.79 bits per heavy atom. The van der Waals surface area contributed by atoms with E-state index in [1.165, 1.54) is 11.8 Å². The second-order valence-corrected chi connectivity index (χ2v) is 4.90. The predicted molar refractivity (Wildman–Crippen MR) is 65.0 cm³/mol. The fourth-order valence-corrected chi connectivity index (χ4v) is 1.71. The largest absolute Gasteiger partial charge is 0.320 e. The van der Waals surface area contributed by atoms with Gasteiger partial charge in [-0.25, -0.2) is 0 Å². The molecule has 82 valence electrons. The number of rotatable bonds is 5. The van der Waals surface area contributed by atoms with Crippen LogP contribution in [-0.2, 0) is 4.79 Å². The van der Waals surface area contributed by atoms with Crippen molar-refractivity contribution < 1.29 is 4.79 Å². The highest BCUT2D eigenvalue weighted by Crippen LogP contribution is 2.01. The first-order valence-corrected chi connectivity index (χ1v) is 6.76. The minimum absolute atomic E-state index is 0.178. The molecule has 0 bridgehead atoms. The second-order valence-electron chi connectivity index (χ2n) is 2.64. The molecule has 1 unspecified atom stereocenters. The fourth-order valence-electron chi connectivity index (χ4n) is 0.761. The van der Waals surface area contributed by atoms with Gasteiger partial charge in [0.1, 0.15) is 0 Å². The lowest BCUT2D eigenvalue weighted by molar-refractivity contribution is -0.120. The van der Waals surface area contributed by atoms with E-state index in [-0.39, 0.29) is 11.1 Å². The van der Waals surface area contributed by atoms with E-state index in [9.17, 15) is 4.79 Å². The standard InChI is InChI=1S/C8H17N3OS2/c1-3-14-8(10)11-7(12)6(9)4-5-13-2/h6H,3-5,9H2,1-2H3,(H2,10,11,12). The molecule has 14 heavy (non-hydrogen) atoms. The zero-order valence-corrected chi connectivity index (χ0v) is 10.1. The van der Waals surface area contributed by atoms with E-state index >= 15 is 0 Å². The number of hydrogen-bond acceptors (Lipinski definition) is 5. The topological polar surface area (TPSA) is 79.0 Å². The summed E-state index contributed by atoms with van der Waals surface area (Å²) in [6, 6.07) is -0.500. The zero-order chi connectivity index (χ0) is 11.0. The van der Waals surface area contributed by atoms with Crippen molar-refractivity contribution in [2.24, 2.45) is 5.73 Å². The van der Waals surface area contributed by atoms with Crippen LogP contribution in [0.25, 0.3) is 0 Å². The molecule has 0 saturated heterocycles. The molecule has 0 aromatic heterocycles. The molecule has 0 aliphatic heterocycles. The molecule has 0 aliphatic rings. The normalized spacial score (nSPS) is 12.2. The summed E-state index contributed by atoms with van der Waals surface area (Å²) in [5.41, 5.74) is 5.62. The van der Waals surface area contributed by atoms with Crippen molar-refractivity contribution in [2.45, 2.75) is 19.4 Å². The van der Waals surface area contributed by atoms with Gasteiger partial charge in [-0.2, -0.15) is 11.8 Å². The van der Waals surface area contributed by atoms with Crippen LogP contribution in [0.4, 0.5) is 0 Å². The maximum atomic E-state index is 11.3. The lowest BCUT2D eigenvalue weighted by Gasteiger charge is -2.11. The third-order valence-electron chi connectivity index (χ3n) is 1.50. The highest BCUT2D eigenvalue weighted by atomic mass is 32.2. The molecular formula is C8H17N3OS2. The van der Waals surface area contributed by atoms with Gasteiger partial charge in [0.15, 0.2) is 5.17 Å². The van der Waals surface area contributed by atoms with Crippen LogP contribution in [0.1, 0.15) is 13.3 Å². The third kappa shape index (κ3) is 6.28. The van der Waals surface area contributed by atoms with Gasteiger partial charge in [0, 0.05) is 0 Å². The van der Waals surface area contributed by atoms with Gasteiger partial charge in [0.05, 0.1) is 6.04 Å². The molecule has 4 nitrogen and oxygen atoms in total. The summed E-state index contributed by atoms with van der Waals surface area (Å²) in [5, 5.41) is 10.0. The number of carbonyl (C=O) groups is 1. The zero-order valence-electron chi connectivity index (χ0n) is 8.50. The van der Waals surface area contributed by atoms with E-state index in [0.717, 1.165) is 11.5 Å². The van der Waals surface area contributed by atoms with E-state index in [1.54, 1.807) is 11.8 Å². The van der Waals surface area contributed by atoms with Crippen LogP contribution in [0.5, 0.6) is 0 Å². The molecule has 0 radical (unpaired) electrons. The Balaban J connectivity index is 3.76. The summed E-state index contributed by atoms with van der Waals surface area (Å²) < 4.78 is 0. The van der Waals surface area contributed by atoms with Gasteiger partial charge in [-0.1, -0.05) is 18.7 Å². The number of thioether (sulfide) groups is 2. The lowest BCUT2D eigenvalue weighted by Crippen LogP contribution is -2.42. The van der Waals surface area contributed by atoms with Crippen LogP contribution in [0, 0.1) is 5.41 Å². The van der Waals surface area contributed by atoms with Crippen molar-refractivity contribution in [3.8, 4) is 0 Å². The van der Waals surface area contributed by atoms with Crippen LogP contribution < -0.4 is 11.1 Å². The molecular weight excluding hydrogens is 218 g/mol. The summed E-state index contributed by atoms with van der Waals surface area (Å²) in [6.07, 6.45) is 2.62. The van der Waals surface area contributed by atoms with Crippen molar-refractivity contribution >= 4 is 34.6 Å². The van der Waals surface area contributed by atoms with Crippen LogP contribution in [-0.4, -0.2) is 34.9 Å². The van der Waals surface area contributed by atoms with E-state index in [4.69, 9.17) is 11.1 Å². The van der Waals surface area contributed by atoms with Gasteiger partial charge in [0.25, 0.3) is 0 Å². The van der Waals surface area contributed by atoms with Crippen molar-refractivity contribution in [1.82, 2.24) is 5.32 Å². The van der Waals surface area contributed by atoms with E-state index in [0.29, 0.717) is 6.42 Å². The Bertz CT molecular complexity index is 199. The van der Waals surface area contributed by atoms with Gasteiger partial charge < -0.3 is 11.1 Å². The van der Waals surface area contributed by atoms with Crippen LogP contribution >= 0.6 is 23.5 Å². The van der Waals surface area contributed by atoms with Gasteiger partial charge in [0.2, 0.25) is 5.91 Å². The molecule has 0 spiro atoms. The van der Waals surface area contributed by atoms with Crippen LogP contribution in [0.3, 0.4) is 0 Å². The minimum Gasteiger partial charge on any atom is -0.320 e. The Labute approximate surface area is 93.3 Å². The van der Waals surface area contributed by atoms with E-state index in [1.807, 2.05) is 13.2 Å². The molecule has 1 amide bonds. The molecule has 1 atom stereocenters. The molecule has 0 aromatic rings. The van der Waals surface area contributed by atoms with E-state index in [2.05, 4.69) is 5.32 Å². The summed E-state index contributed by atoms with van der Waals surface area (Å²) in [6.45, 7) is 1.93. The predicted octanol–water partition coefficient (Wildman–Crippen LogP) is 0.871. The minimum atomic E-state index is -0.500. The summed E-state index contributed by atoms with van der Waals surface area (Å²) in [5.74, 6) is 1.38. The molecule has 0 aliphatic carbocycles. The fraction of sp³-hybridized carbons (Fsp3) is 0.750. The van der Waals surface area contributed by atoms with Gasteiger partial charge in [-0.15, -0.1) is 0 Å². The second kappa shape index (κ2) is 8.14. The SMILES string of the molecule is CCSC(=N)NC(=O)C(N)CCSC. The Morgan fingerprint density at radius 2 is 2.29 bits per heavy atom. The van der Waals surface area contributed by atoms with E-state index < -0.39 is 6.04 Å². The van der Waals surface area contributed by atoms with Crippen molar-refractivity contribution in [3.63, 3.8) is 0 Å². The maximum Gasteiger partial charge on any atom is 0.242 e. The molecule has 0 fully saturated rings. The highest BCUT2D eigenvalue weighted by molar-refractivity contribution is 8.13. The molecule has 0 saturated carbocycles. The quantitative estimate of drug-likeness (QED) is 0.488. The maximum absolute atomic E-state index is 11.3.